The van der Waals surface area contributed by atoms with Crippen LogP contribution in [0, 0.1) is 0 Å². The smallest absolute Gasteiger partial charge is 0.124 e. The van der Waals surface area contributed by atoms with Gasteiger partial charge < -0.3 is 18.9 Å². The fraction of sp³-hybridized carbons (Fsp3) is 0.317. The molecular formula is C41H42N2O4S2. The summed E-state index contributed by atoms with van der Waals surface area (Å²) >= 11 is 6.69. The largest absolute Gasteiger partial charge is 0.379 e. The Kier molecular flexibility index (Phi) is 12.3. The van der Waals surface area contributed by atoms with Gasteiger partial charge in [0, 0.05) is 37.4 Å². The number of hydrogen-bond acceptors (Lipinski definition) is 8. The average molecular weight is 691 g/mol. The lowest BCUT2D eigenvalue weighted by Crippen LogP contribution is -2.29. The Morgan fingerprint density at radius 2 is 1.33 bits per heavy atom. The number of thiocarbonyl (C=S) groups is 1. The highest BCUT2D eigenvalue weighted by atomic mass is 32.1. The third-order valence-electron chi connectivity index (χ3n) is 8.96. The molecule has 0 spiro atoms. The van der Waals surface area contributed by atoms with Crippen molar-refractivity contribution in [2.45, 2.75) is 32.1 Å². The van der Waals surface area contributed by atoms with Crippen LogP contribution < -0.4 is 0 Å². The molecule has 1 heterocycles. The van der Waals surface area contributed by atoms with Crippen molar-refractivity contribution in [3.05, 3.63) is 107 Å². The van der Waals surface area contributed by atoms with E-state index >= 15 is 0 Å². The number of aromatic nitrogens is 1. The molecule has 252 valence electrons. The molecular weight excluding hydrogens is 649 g/mol. The van der Waals surface area contributed by atoms with Gasteiger partial charge in [-0.25, -0.2) is 4.98 Å². The van der Waals surface area contributed by atoms with Gasteiger partial charge in [-0.05, 0) is 96.6 Å². The van der Waals surface area contributed by atoms with E-state index in [4.69, 9.17) is 36.1 Å². The molecule has 0 unspecified atom stereocenters. The standard InChI is InChI=1S/C41H42N2O4S2/c1-3-44-23-25-46-21-19-41(20-22-47-26-24-45-4-2)36-27-31(13-17-34(36)35-18-16-33(42-29-48)28-37(35)41)10-9-30-11-14-32(15-12-30)40-43-38-7-5-6-8-39(38)49-40/h5-18,27-28H,3-4,19-26H2,1-2H3. The zero-order valence-electron chi connectivity index (χ0n) is 28.2. The molecule has 0 aliphatic heterocycles. The van der Waals surface area contributed by atoms with Gasteiger partial charge in [-0.2, -0.15) is 4.99 Å². The normalized spacial score (nSPS) is 13.1. The van der Waals surface area contributed by atoms with Crippen LogP contribution in [0.3, 0.4) is 0 Å². The Morgan fingerprint density at radius 3 is 2.00 bits per heavy atom. The van der Waals surface area contributed by atoms with Crippen molar-refractivity contribution in [3.8, 4) is 21.7 Å². The van der Waals surface area contributed by atoms with Crippen LogP contribution in [0.1, 0.15) is 48.9 Å². The first-order valence-electron chi connectivity index (χ1n) is 17.0. The van der Waals surface area contributed by atoms with E-state index < -0.39 is 0 Å². The van der Waals surface area contributed by atoms with Crippen LogP contribution in [-0.4, -0.2) is 63.0 Å². The van der Waals surface area contributed by atoms with E-state index in [9.17, 15) is 0 Å². The zero-order valence-corrected chi connectivity index (χ0v) is 29.8. The number of benzene rings is 4. The van der Waals surface area contributed by atoms with Crippen molar-refractivity contribution in [2.75, 3.05) is 52.9 Å². The van der Waals surface area contributed by atoms with Crippen molar-refractivity contribution in [1.29, 1.82) is 0 Å². The van der Waals surface area contributed by atoms with Crippen molar-refractivity contribution in [1.82, 2.24) is 4.98 Å². The molecule has 6 nitrogen and oxygen atoms in total. The summed E-state index contributed by atoms with van der Waals surface area (Å²) in [6.45, 7) is 8.83. The molecule has 0 N–H and O–H groups in total. The van der Waals surface area contributed by atoms with Crippen LogP contribution in [-0.2, 0) is 24.4 Å². The van der Waals surface area contributed by atoms with Gasteiger partial charge in [0.25, 0.3) is 0 Å². The Balaban J connectivity index is 1.29. The van der Waals surface area contributed by atoms with Crippen molar-refractivity contribution in [2.24, 2.45) is 4.99 Å². The second-order valence-electron chi connectivity index (χ2n) is 11.9. The van der Waals surface area contributed by atoms with Gasteiger partial charge in [-0.1, -0.05) is 72.8 Å². The first-order chi connectivity index (χ1) is 24.1. The highest BCUT2D eigenvalue weighted by molar-refractivity contribution is 7.78. The summed E-state index contributed by atoms with van der Waals surface area (Å²) in [6.07, 6.45) is 5.95. The second-order valence-corrected chi connectivity index (χ2v) is 13.1. The molecule has 5 aromatic rings. The topological polar surface area (TPSA) is 62.2 Å². The average Bonchev–Trinajstić information content (AvgIpc) is 3.68. The highest BCUT2D eigenvalue weighted by Crippen LogP contribution is 2.54. The molecule has 1 aliphatic carbocycles. The molecule has 0 radical (unpaired) electrons. The lowest BCUT2D eigenvalue weighted by molar-refractivity contribution is 0.0356. The quantitative estimate of drug-likeness (QED) is 0.0395. The van der Waals surface area contributed by atoms with Crippen molar-refractivity contribution in [3.63, 3.8) is 0 Å². The Labute approximate surface area is 298 Å². The minimum absolute atomic E-state index is 0.336. The number of hydrogen-bond donors (Lipinski definition) is 0. The molecule has 49 heavy (non-hydrogen) atoms. The summed E-state index contributed by atoms with van der Waals surface area (Å²) in [6, 6.07) is 30.0. The molecule has 0 fully saturated rings. The Morgan fingerprint density at radius 1 is 0.714 bits per heavy atom. The van der Waals surface area contributed by atoms with E-state index in [1.165, 1.54) is 27.0 Å². The molecule has 1 aliphatic rings. The molecule has 0 saturated heterocycles. The number of thiazole rings is 1. The zero-order chi connectivity index (χ0) is 33.9. The van der Waals surface area contributed by atoms with Gasteiger partial charge in [0.15, 0.2) is 0 Å². The number of ether oxygens (including phenoxy) is 4. The summed E-state index contributed by atoms with van der Waals surface area (Å²) in [7, 11) is 0. The third-order valence-corrected chi connectivity index (χ3v) is 10.1. The van der Waals surface area contributed by atoms with Crippen LogP contribution in [0.25, 0.3) is 44.1 Å². The summed E-state index contributed by atoms with van der Waals surface area (Å²) in [5, 5.41) is 3.58. The monoisotopic (exact) mass is 690 g/mol. The number of rotatable bonds is 18. The molecule has 1 aromatic heterocycles. The van der Waals surface area contributed by atoms with Crippen molar-refractivity contribution >= 4 is 56.8 Å². The lowest BCUT2D eigenvalue weighted by atomic mass is 9.72. The summed E-state index contributed by atoms with van der Waals surface area (Å²) in [5.74, 6) is 0. The number of fused-ring (bicyclic) bond motifs is 4. The molecule has 0 amide bonds. The summed E-state index contributed by atoms with van der Waals surface area (Å²) < 4.78 is 24.5. The van der Waals surface area contributed by atoms with E-state index in [0.717, 1.165) is 45.7 Å². The second kappa shape index (κ2) is 17.2. The minimum Gasteiger partial charge on any atom is -0.379 e. The van der Waals surface area contributed by atoms with Crippen LogP contribution >= 0.6 is 23.6 Å². The van der Waals surface area contributed by atoms with Gasteiger partial charge in [0.2, 0.25) is 0 Å². The van der Waals surface area contributed by atoms with E-state index in [-0.39, 0.29) is 5.41 Å². The predicted molar refractivity (Wildman–Crippen MR) is 205 cm³/mol. The molecule has 0 atom stereocenters. The Bertz CT molecular complexity index is 1880. The fourth-order valence-electron chi connectivity index (χ4n) is 6.54. The molecule has 8 heteroatoms. The number of isothiocyanates is 1. The third kappa shape index (κ3) is 8.31. The van der Waals surface area contributed by atoms with Gasteiger partial charge in [0.05, 0.1) is 47.5 Å². The van der Waals surface area contributed by atoms with E-state index in [2.05, 4.69) is 95.1 Å². The van der Waals surface area contributed by atoms with E-state index in [0.29, 0.717) is 52.9 Å². The van der Waals surface area contributed by atoms with Gasteiger partial charge >= 0.3 is 0 Å². The molecule has 0 saturated carbocycles. The predicted octanol–water partition coefficient (Wildman–Crippen LogP) is 10.0. The highest BCUT2D eigenvalue weighted by Gasteiger charge is 2.43. The summed E-state index contributed by atoms with van der Waals surface area (Å²) in [4.78, 5) is 9.17. The number of para-hydroxylation sites is 1. The van der Waals surface area contributed by atoms with Crippen LogP contribution in [0.15, 0.2) is 89.9 Å². The fourth-order valence-corrected chi connectivity index (χ4v) is 7.61. The van der Waals surface area contributed by atoms with Gasteiger partial charge in [-0.3, -0.25) is 0 Å². The number of nitrogens with zero attached hydrogens (tertiary/aromatic N) is 2. The first-order valence-corrected chi connectivity index (χ1v) is 18.2. The van der Waals surface area contributed by atoms with Gasteiger partial charge in [-0.15, -0.1) is 11.3 Å². The van der Waals surface area contributed by atoms with E-state index in [1.54, 1.807) is 11.3 Å². The van der Waals surface area contributed by atoms with Crippen LogP contribution in [0.2, 0.25) is 0 Å². The van der Waals surface area contributed by atoms with Crippen LogP contribution in [0.5, 0.6) is 0 Å². The van der Waals surface area contributed by atoms with E-state index in [1.807, 2.05) is 26.0 Å². The number of aliphatic imine (C=N–C) groups is 1. The Hall–Kier alpha value is -3.85. The van der Waals surface area contributed by atoms with Crippen molar-refractivity contribution < 1.29 is 18.9 Å². The minimum atomic E-state index is -0.336. The van der Waals surface area contributed by atoms with Gasteiger partial charge in [0.1, 0.15) is 5.01 Å². The SMILES string of the molecule is CCOCCOCCC1(CCOCCOCC)c2cc(C=Cc3ccc(-c4nc5ccccc5s4)cc3)ccc2-c2ccc(N=C=S)cc21. The molecule has 4 aromatic carbocycles. The maximum absolute atomic E-state index is 6.13. The van der Waals surface area contributed by atoms with Crippen LogP contribution in [0.4, 0.5) is 5.69 Å². The molecule has 0 bridgehead atoms. The molecule has 6 rings (SSSR count). The maximum Gasteiger partial charge on any atom is 0.124 e. The lowest BCUT2D eigenvalue weighted by Gasteiger charge is -2.32. The maximum atomic E-state index is 6.13. The summed E-state index contributed by atoms with van der Waals surface area (Å²) in [5.41, 5.74) is 9.85. The first kappa shape index (κ1) is 35.0.